The van der Waals surface area contributed by atoms with Crippen molar-refractivity contribution >= 4 is 5.97 Å². The molecule has 0 atom stereocenters. The van der Waals surface area contributed by atoms with E-state index in [1.54, 1.807) is 0 Å². The van der Waals surface area contributed by atoms with Crippen LogP contribution in [0.5, 0.6) is 0 Å². The second kappa shape index (κ2) is 5.34. The van der Waals surface area contributed by atoms with Crippen molar-refractivity contribution in [1.29, 1.82) is 0 Å². The zero-order valence-electron chi connectivity index (χ0n) is 4.57. The molecule has 0 aromatic carbocycles. The average Bonchev–Trinajstić information content (AvgIpc) is 1.65. The smallest absolute Gasteiger partial charge is 0.487 e. The number of rotatable bonds is 1. The number of ether oxygens (including phenoxy) is 1. The Morgan fingerprint density at radius 1 is 1.62 bits per heavy atom. The number of halogens is 2. The fraction of sp³-hybridized carbons (Fsp3) is 0.333. The van der Waals surface area contributed by atoms with Crippen molar-refractivity contribution in [2.45, 2.75) is 0 Å². The maximum Gasteiger partial charge on any atom is 1.00 e. The standard InChI is InChI=1S/C3H3F2O2.Na/c1-7-3(6)2(4)5;/h1H3;/q-1;+1. The van der Waals surface area contributed by atoms with Gasteiger partial charge in [-0.1, -0.05) is 0 Å². The molecule has 0 aromatic rings. The molecule has 0 saturated heterocycles. The van der Waals surface area contributed by atoms with Crippen LogP contribution in [-0.4, -0.2) is 13.1 Å². The molecule has 5 heteroatoms. The molecule has 0 heterocycles. The molecule has 0 unspecified atom stereocenters. The summed E-state index contributed by atoms with van der Waals surface area (Å²) in [5.41, 5.74) is 0. The van der Waals surface area contributed by atoms with E-state index in [2.05, 4.69) is 4.74 Å². The van der Waals surface area contributed by atoms with Crippen LogP contribution in [0.15, 0.2) is 0 Å². The van der Waals surface area contributed by atoms with Crippen LogP contribution in [0, 0.1) is 6.43 Å². The molecule has 0 radical (unpaired) electrons. The molecule has 0 bridgehead atoms. The van der Waals surface area contributed by atoms with E-state index in [1.807, 2.05) is 0 Å². The molecule has 0 saturated carbocycles. The third-order valence-corrected chi connectivity index (χ3v) is 0.340. The van der Waals surface area contributed by atoms with E-state index in [1.165, 1.54) is 0 Å². The van der Waals surface area contributed by atoms with Crippen LogP contribution in [0.3, 0.4) is 0 Å². The summed E-state index contributed by atoms with van der Waals surface area (Å²) in [5, 5.41) is 0. The summed E-state index contributed by atoms with van der Waals surface area (Å²) in [6.45, 7) is 0. The van der Waals surface area contributed by atoms with E-state index in [-0.39, 0.29) is 29.6 Å². The molecule has 0 aliphatic rings. The number of carbonyl (C=O) groups is 1. The molecule has 0 fully saturated rings. The first-order valence-electron chi connectivity index (χ1n) is 1.44. The molecule has 0 aliphatic carbocycles. The zero-order valence-corrected chi connectivity index (χ0v) is 6.57. The Morgan fingerprint density at radius 2 is 2.00 bits per heavy atom. The molecule has 8 heavy (non-hydrogen) atoms. The van der Waals surface area contributed by atoms with Gasteiger partial charge in [-0.2, -0.15) is 0 Å². The van der Waals surface area contributed by atoms with Crippen LogP contribution in [0.1, 0.15) is 0 Å². The van der Waals surface area contributed by atoms with Gasteiger partial charge in [0.1, 0.15) is 0 Å². The Kier molecular flexibility index (Phi) is 7.38. The Hall–Kier alpha value is 0.200. The summed E-state index contributed by atoms with van der Waals surface area (Å²) in [7, 11) is 0.890. The van der Waals surface area contributed by atoms with Crippen molar-refractivity contribution in [3.63, 3.8) is 0 Å². The zero-order chi connectivity index (χ0) is 5.86. The maximum absolute atomic E-state index is 10.9. The summed E-state index contributed by atoms with van der Waals surface area (Å²) in [6.07, 6.45) is -2.32. The SMILES string of the molecule is COC(=O)[C-](F)F.[Na+]. The first kappa shape index (κ1) is 11.1. The summed E-state index contributed by atoms with van der Waals surface area (Å²) < 4.78 is 25.3. The molecule has 0 aromatic heterocycles. The normalized spacial score (nSPS) is 6.88. The minimum absolute atomic E-state index is 0. The monoisotopic (exact) mass is 132 g/mol. The van der Waals surface area contributed by atoms with Gasteiger partial charge in [-0.25, -0.2) is 0 Å². The molecule has 0 aliphatic heterocycles. The van der Waals surface area contributed by atoms with Crippen LogP contribution >= 0.6 is 0 Å². The topological polar surface area (TPSA) is 26.3 Å². The van der Waals surface area contributed by atoms with E-state index >= 15 is 0 Å². The Balaban J connectivity index is 0. The van der Waals surface area contributed by atoms with Gasteiger partial charge < -0.3 is 13.5 Å². The fourth-order valence-electron chi connectivity index (χ4n) is 0.0772. The number of hydrogen-bond donors (Lipinski definition) is 0. The largest absolute Gasteiger partial charge is 1.00 e. The molecule has 42 valence electrons. The summed E-state index contributed by atoms with van der Waals surface area (Å²) in [6, 6.07) is 0. The predicted molar refractivity (Wildman–Crippen MR) is 17.5 cm³/mol. The van der Waals surface area contributed by atoms with Crippen molar-refractivity contribution in [2.75, 3.05) is 7.11 Å². The number of carbonyl (C=O) groups excluding carboxylic acids is 1. The predicted octanol–water partition coefficient (Wildman–Crippen LogP) is -2.41. The van der Waals surface area contributed by atoms with Gasteiger partial charge in [-0.15, -0.1) is 0 Å². The van der Waals surface area contributed by atoms with E-state index in [0.29, 0.717) is 0 Å². The van der Waals surface area contributed by atoms with Crippen LogP contribution in [-0.2, 0) is 9.53 Å². The fourth-order valence-corrected chi connectivity index (χ4v) is 0.0772. The van der Waals surface area contributed by atoms with Crippen LogP contribution in [0.25, 0.3) is 0 Å². The average molecular weight is 132 g/mol. The first-order chi connectivity index (χ1) is 3.18. The van der Waals surface area contributed by atoms with E-state index in [9.17, 15) is 13.6 Å². The van der Waals surface area contributed by atoms with Gasteiger partial charge in [0.25, 0.3) is 0 Å². The number of methoxy groups -OCH3 is 1. The quantitative estimate of drug-likeness (QED) is 0.226. The second-order valence-corrected chi connectivity index (χ2v) is 0.752. The van der Waals surface area contributed by atoms with Crippen molar-refractivity contribution < 1.29 is 47.9 Å². The van der Waals surface area contributed by atoms with Gasteiger partial charge in [0.15, 0.2) is 0 Å². The van der Waals surface area contributed by atoms with Gasteiger partial charge in [-0.3, -0.25) is 4.79 Å². The Morgan fingerprint density at radius 3 is 2.00 bits per heavy atom. The third-order valence-electron chi connectivity index (χ3n) is 0.340. The van der Waals surface area contributed by atoms with Crippen molar-refractivity contribution in [2.24, 2.45) is 0 Å². The third kappa shape index (κ3) is 4.36. The molecule has 0 N–H and O–H groups in total. The maximum atomic E-state index is 10.9. The van der Waals surface area contributed by atoms with Crippen LogP contribution in [0.2, 0.25) is 0 Å². The Labute approximate surface area is 67.5 Å². The first-order valence-corrected chi connectivity index (χ1v) is 1.44. The minimum Gasteiger partial charge on any atom is -0.487 e. The minimum atomic E-state index is -2.32. The summed E-state index contributed by atoms with van der Waals surface area (Å²) in [4.78, 5) is 9.50. The van der Waals surface area contributed by atoms with Gasteiger partial charge in [0.2, 0.25) is 5.97 Å². The summed E-state index contributed by atoms with van der Waals surface area (Å²) in [5.74, 6) is -1.57. The van der Waals surface area contributed by atoms with E-state index < -0.39 is 12.4 Å². The molecular formula is C3H3F2NaO2. The van der Waals surface area contributed by atoms with Crippen molar-refractivity contribution in [1.82, 2.24) is 0 Å². The van der Waals surface area contributed by atoms with Gasteiger partial charge in [0.05, 0.1) is 7.11 Å². The van der Waals surface area contributed by atoms with Crippen LogP contribution in [0.4, 0.5) is 8.78 Å². The van der Waals surface area contributed by atoms with Crippen molar-refractivity contribution in [3.05, 3.63) is 6.43 Å². The number of esters is 1. The molecule has 2 nitrogen and oxygen atoms in total. The molecule has 0 spiro atoms. The second-order valence-electron chi connectivity index (χ2n) is 0.752. The van der Waals surface area contributed by atoms with Gasteiger partial charge in [0, 0.05) is 6.43 Å². The summed E-state index contributed by atoms with van der Waals surface area (Å²) >= 11 is 0. The Bertz CT molecular complexity index is 75.7. The van der Waals surface area contributed by atoms with E-state index in [0.717, 1.165) is 7.11 Å². The van der Waals surface area contributed by atoms with Crippen LogP contribution < -0.4 is 29.6 Å². The molecule has 0 rings (SSSR count). The number of hydrogen-bond acceptors (Lipinski definition) is 2. The molecular weight excluding hydrogens is 129 g/mol. The van der Waals surface area contributed by atoms with Crippen molar-refractivity contribution in [3.8, 4) is 0 Å². The van der Waals surface area contributed by atoms with Gasteiger partial charge >= 0.3 is 29.6 Å². The van der Waals surface area contributed by atoms with E-state index in [4.69, 9.17) is 0 Å². The van der Waals surface area contributed by atoms with Gasteiger partial charge in [-0.05, 0) is 0 Å². The molecule has 0 amide bonds.